The molecule has 148 valence electrons. The van der Waals surface area contributed by atoms with Crippen molar-refractivity contribution in [3.8, 4) is 0 Å². The lowest BCUT2D eigenvalue weighted by Crippen LogP contribution is -2.51. The highest BCUT2D eigenvalue weighted by atomic mass is 127. The molecule has 2 heterocycles. The minimum Gasteiger partial charge on any atom is -0.370 e. The largest absolute Gasteiger partial charge is 0.370 e. The van der Waals surface area contributed by atoms with Crippen LogP contribution in [0.25, 0.3) is 0 Å². The summed E-state index contributed by atoms with van der Waals surface area (Å²) in [6, 6.07) is 7.81. The Morgan fingerprint density at radius 3 is 2.22 bits per heavy atom. The molecule has 0 bridgehead atoms. The molecule has 0 unspecified atom stereocenters. The van der Waals surface area contributed by atoms with E-state index < -0.39 is 0 Å². The molecule has 3 rings (SSSR count). The summed E-state index contributed by atoms with van der Waals surface area (Å²) in [6.45, 7) is 3.91. The molecule has 0 spiro atoms. The number of anilines is 1. The standard InChI is InChI=1S/C18H24ClN5O2.HI/c19-14-4-6-15(7-5-14)22-10-12-23(13-11-22)18(20)21-8-9-24-16(25)2-1-3-17(24)26;/h4-7H,1-3,8-13H2,(H2,20,21);1H. The SMILES string of the molecule is I.NC(=NCCN1C(=O)CCCC1=O)N1CCN(c2ccc(Cl)cc2)CC1. The summed E-state index contributed by atoms with van der Waals surface area (Å²) in [5.41, 5.74) is 7.23. The minimum absolute atomic E-state index is 0. The van der Waals surface area contributed by atoms with Crippen LogP contribution in [0.5, 0.6) is 0 Å². The van der Waals surface area contributed by atoms with Crippen molar-refractivity contribution in [2.24, 2.45) is 10.7 Å². The summed E-state index contributed by atoms with van der Waals surface area (Å²) in [6.07, 6.45) is 1.53. The molecule has 27 heavy (non-hydrogen) atoms. The zero-order valence-corrected chi connectivity index (χ0v) is 18.2. The second-order valence-corrected chi connectivity index (χ2v) is 6.92. The first-order valence-electron chi connectivity index (χ1n) is 8.93. The lowest BCUT2D eigenvalue weighted by atomic mass is 10.1. The Morgan fingerprint density at radius 2 is 1.63 bits per heavy atom. The molecule has 0 aromatic heterocycles. The third kappa shape index (κ3) is 5.71. The lowest BCUT2D eigenvalue weighted by molar-refractivity contribution is -0.147. The highest BCUT2D eigenvalue weighted by molar-refractivity contribution is 14.0. The van der Waals surface area contributed by atoms with Gasteiger partial charge in [-0.1, -0.05) is 11.6 Å². The Hall–Kier alpha value is -1.55. The van der Waals surface area contributed by atoms with Gasteiger partial charge in [0.25, 0.3) is 0 Å². The van der Waals surface area contributed by atoms with E-state index in [0.717, 1.165) is 36.9 Å². The van der Waals surface area contributed by atoms with Gasteiger partial charge >= 0.3 is 0 Å². The zero-order valence-electron chi connectivity index (χ0n) is 15.1. The molecule has 2 N–H and O–H groups in total. The average Bonchev–Trinajstić information content (AvgIpc) is 2.65. The van der Waals surface area contributed by atoms with E-state index >= 15 is 0 Å². The molecule has 0 radical (unpaired) electrons. The molecule has 0 aliphatic carbocycles. The Bertz CT molecular complexity index is 673. The number of halogens is 2. The maximum Gasteiger partial charge on any atom is 0.229 e. The van der Waals surface area contributed by atoms with Gasteiger partial charge in [-0.25, -0.2) is 0 Å². The summed E-state index contributed by atoms with van der Waals surface area (Å²) < 4.78 is 0. The van der Waals surface area contributed by atoms with E-state index in [1.807, 2.05) is 29.2 Å². The van der Waals surface area contributed by atoms with E-state index in [4.69, 9.17) is 17.3 Å². The van der Waals surface area contributed by atoms with Crippen LogP contribution in [0, 0.1) is 0 Å². The third-order valence-corrected chi connectivity index (χ3v) is 5.03. The highest BCUT2D eigenvalue weighted by Gasteiger charge is 2.25. The first-order chi connectivity index (χ1) is 12.5. The number of rotatable bonds is 4. The number of nitrogens with two attached hydrogens (primary N) is 1. The molecule has 7 nitrogen and oxygen atoms in total. The number of imide groups is 1. The second-order valence-electron chi connectivity index (χ2n) is 6.48. The number of hydrogen-bond acceptors (Lipinski definition) is 4. The van der Waals surface area contributed by atoms with Crippen molar-refractivity contribution in [2.75, 3.05) is 44.2 Å². The number of carbonyl (C=O) groups excluding carboxylic acids is 2. The van der Waals surface area contributed by atoms with Crippen molar-refractivity contribution in [1.82, 2.24) is 9.80 Å². The van der Waals surface area contributed by atoms with E-state index in [9.17, 15) is 9.59 Å². The van der Waals surface area contributed by atoms with Crippen LogP contribution >= 0.6 is 35.6 Å². The monoisotopic (exact) mass is 505 g/mol. The first kappa shape index (κ1) is 21.7. The van der Waals surface area contributed by atoms with Gasteiger partial charge in [-0.05, 0) is 30.7 Å². The maximum absolute atomic E-state index is 11.8. The van der Waals surface area contributed by atoms with Crippen LogP contribution in [-0.2, 0) is 9.59 Å². The zero-order chi connectivity index (χ0) is 18.5. The van der Waals surface area contributed by atoms with Crippen molar-refractivity contribution in [3.05, 3.63) is 29.3 Å². The highest BCUT2D eigenvalue weighted by Crippen LogP contribution is 2.19. The fourth-order valence-corrected chi connectivity index (χ4v) is 3.39. The molecule has 9 heteroatoms. The van der Waals surface area contributed by atoms with Crippen LogP contribution in [0.2, 0.25) is 5.02 Å². The van der Waals surface area contributed by atoms with Crippen LogP contribution in [0.15, 0.2) is 29.3 Å². The summed E-state index contributed by atoms with van der Waals surface area (Å²) in [4.78, 5) is 33.5. The van der Waals surface area contributed by atoms with Gasteiger partial charge < -0.3 is 15.5 Å². The topological polar surface area (TPSA) is 82.2 Å². The van der Waals surface area contributed by atoms with E-state index in [2.05, 4.69) is 9.89 Å². The van der Waals surface area contributed by atoms with Gasteiger partial charge in [0.05, 0.1) is 6.54 Å². The number of piperazine rings is 1. The van der Waals surface area contributed by atoms with Crippen molar-refractivity contribution in [2.45, 2.75) is 19.3 Å². The van der Waals surface area contributed by atoms with E-state index in [1.165, 1.54) is 4.90 Å². The van der Waals surface area contributed by atoms with Gasteiger partial charge in [0.1, 0.15) is 0 Å². The quantitative estimate of drug-likeness (QED) is 0.293. The molecule has 1 aromatic rings. The number of hydrogen-bond donors (Lipinski definition) is 1. The van der Waals surface area contributed by atoms with Crippen molar-refractivity contribution < 1.29 is 9.59 Å². The van der Waals surface area contributed by atoms with Crippen molar-refractivity contribution in [1.29, 1.82) is 0 Å². The Kier molecular flexibility index (Phi) is 8.15. The number of nitrogens with zero attached hydrogens (tertiary/aromatic N) is 4. The number of piperidine rings is 1. The van der Waals surface area contributed by atoms with Crippen LogP contribution < -0.4 is 10.6 Å². The molecular weight excluding hydrogens is 481 g/mol. The van der Waals surface area contributed by atoms with Gasteiger partial charge in [0, 0.05) is 56.3 Å². The minimum atomic E-state index is -0.105. The van der Waals surface area contributed by atoms with E-state index in [0.29, 0.717) is 38.3 Å². The normalized spacial score (nSPS) is 18.6. The maximum atomic E-state index is 11.8. The van der Waals surface area contributed by atoms with E-state index in [-0.39, 0.29) is 35.8 Å². The summed E-state index contributed by atoms with van der Waals surface area (Å²) in [5.74, 6) is 0.260. The molecular formula is C18H25ClIN5O2. The molecule has 2 aliphatic heterocycles. The molecule has 2 fully saturated rings. The Morgan fingerprint density at radius 1 is 1.04 bits per heavy atom. The van der Waals surface area contributed by atoms with Gasteiger partial charge in [-0.3, -0.25) is 19.5 Å². The second kappa shape index (κ2) is 10.1. The van der Waals surface area contributed by atoms with Gasteiger partial charge in [0.15, 0.2) is 5.96 Å². The molecule has 0 saturated carbocycles. The Balaban J connectivity index is 0.00000261. The molecule has 2 saturated heterocycles. The summed E-state index contributed by atoms with van der Waals surface area (Å²) >= 11 is 5.93. The van der Waals surface area contributed by atoms with Crippen LogP contribution in [0.4, 0.5) is 5.69 Å². The van der Waals surface area contributed by atoms with Crippen molar-refractivity contribution >= 4 is 59.0 Å². The smallest absolute Gasteiger partial charge is 0.229 e. The van der Waals surface area contributed by atoms with E-state index in [1.54, 1.807) is 0 Å². The van der Waals surface area contributed by atoms with Crippen molar-refractivity contribution in [3.63, 3.8) is 0 Å². The Labute approximate surface area is 181 Å². The molecule has 2 amide bonds. The number of carbonyl (C=O) groups is 2. The van der Waals surface area contributed by atoms with Gasteiger partial charge in [-0.2, -0.15) is 0 Å². The number of benzene rings is 1. The van der Waals surface area contributed by atoms with Crippen LogP contribution in [0.3, 0.4) is 0 Å². The summed E-state index contributed by atoms with van der Waals surface area (Å²) in [5, 5.41) is 0.731. The third-order valence-electron chi connectivity index (χ3n) is 4.78. The number of aliphatic imine (C=N–C) groups is 1. The number of guanidine groups is 1. The fraction of sp³-hybridized carbons (Fsp3) is 0.500. The fourth-order valence-electron chi connectivity index (χ4n) is 3.26. The average molecular weight is 506 g/mol. The molecule has 0 atom stereocenters. The first-order valence-corrected chi connectivity index (χ1v) is 9.31. The van der Waals surface area contributed by atoms with Crippen LogP contribution in [-0.4, -0.2) is 66.8 Å². The number of amides is 2. The molecule has 2 aliphatic rings. The number of likely N-dealkylation sites (tertiary alicyclic amines) is 1. The summed E-state index contributed by atoms with van der Waals surface area (Å²) in [7, 11) is 0. The lowest BCUT2D eigenvalue weighted by Gasteiger charge is -2.36. The predicted octanol–water partition coefficient (Wildman–Crippen LogP) is 1.93. The van der Waals surface area contributed by atoms with Crippen LogP contribution in [0.1, 0.15) is 19.3 Å². The predicted molar refractivity (Wildman–Crippen MR) is 118 cm³/mol. The molecule has 1 aromatic carbocycles. The van der Waals surface area contributed by atoms with Gasteiger partial charge in [-0.15, -0.1) is 24.0 Å². The van der Waals surface area contributed by atoms with Gasteiger partial charge in [0.2, 0.25) is 11.8 Å².